The van der Waals surface area contributed by atoms with Crippen molar-refractivity contribution in [1.82, 2.24) is 4.90 Å². The first-order valence-corrected chi connectivity index (χ1v) is 3.68. The van der Waals surface area contributed by atoms with Crippen molar-refractivity contribution in [3.05, 3.63) is 11.6 Å². The highest BCUT2D eigenvalue weighted by molar-refractivity contribution is 4.92. The molecule has 0 aromatic heterocycles. The fraction of sp³-hybridized carbons (Fsp3) is 0.750. The van der Waals surface area contributed by atoms with Crippen molar-refractivity contribution in [2.75, 3.05) is 20.3 Å². The number of allylic oxidation sites excluding steroid dienone is 1. The monoisotopic (exact) mass is 142 g/mol. The van der Waals surface area contributed by atoms with E-state index in [9.17, 15) is 0 Å². The lowest BCUT2D eigenvalue weighted by atomic mass is 10.2. The lowest BCUT2D eigenvalue weighted by Crippen LogP contribution is -2.26. The molecule has 0 heterocycles. The molecule has 0 aliphatic rings. The van der Waals surface area contributed by atoms with Crippen LogP contribution in [-0.2, 0) is 0 Å². The van der Waals surface area contributed by atoms with E-state index in [-0.39, 0.29) is 0 Å². The predicted molar refractivity (Wildman–Crippen MR) is 45.7 cm³/mol. The Hall–Kier alpha value is -0.340. The summed E-state index contributed by atoms with van der Waals surface area (Å²) in [5.41, 5.74) is 6.77. The Morgan fingerprint density at radius 3 is 2.50 bits per heavy atom. The molecule has 0 aliphatic heterocycles. The Morgan fingerprint density at radius 1 is 1.50 bits per heavy atom. The molecule has 2 heteroatoms. The van der Waals surface area contributed by atoms with E-state index in [4.69, 9.17) is 5.73 Å². The summed E-state index contributed by atoms with van der Waals surface area (Å²) in [4.78, 5) is 2.10. The molecular weight excluding hydrogens is 124 g/mol. The van der Waals surface area contributed by atoms with Crippen molar-refractivity contribution in [2.45, 2.75) is 20.3 Å². The van der Waals surface area contributed by atoms with Gasteiger partial charge < -0.3 is 5.73 Å². The molecule has 60 valence electrons. The van der Waals surface area contributed by atoms with Gasteiger partial charge in [-0.15, -0.1) is 0 Å². The third kappa shape index (κ3) is 5.79. The van der Waals surface area contributed by atoms with E-state index in [2.05, 4.69) is 24.8 Å². The first kappa shape index (κ1) is 9.66. The molecule has 0 spiro atoms. The van der Waals surface area contributed by atoms with Crippen molar-refractivity contribution in [2.24, 2.45) is 5.73 Å². The number of nitrogens with two attached hydrogens (primary N) is 1. The molecule has 0 radical (unpaired) electrons. The van der Waals surface area contributed by atoms with Gasteiger partial charge >= 0.3 is 0 Å². The summed E-state index contributed by atoms with van der Waals surface area (Å²) in [5, 5.41) is 0. The normalized spacial score (nSPS) is 10.1. The molecule has 0 aromatic rings. The molecule has 0 saturated heterocycles. The Balaban J connectivity index is 3.28. The van der Waals surface area contributed by atoms with E-state index in [1.54, 1.807) is 0 Å². The van der Waals surface area contributed by atoms with Crippen LogP contribution in [0.1, 0.15) is 20.3 Å². The van der Waals surface area contributed by atoms with E-state index in [0.717, 1.165) is 13.0 Å². The van der Waals surface area contributed by atoms with E-state index < -0.39 is 0 Å². The Bertz CT molecular complexity index is 104. The van der Waals surface area contributed by atoms with E-state index in [1.165, 1.54) is 5.57 Å². The summed E-state index contributed by atoms with van der Waals surface area (Å²) in [5.74, 6) is 0. The van der Waals surface area contributed by atoms with Gasteiger partial charge in [0, 0.05) is 13.2 Å². The quantitative estimate of drug-likeness (QED) is 0.472. The molecule has 10 heavy (non-hydrogen) atoms. The number of hydrogen-bond acceptors (Lipinski definition) is 2. The van der Waals surface area contributed by atoms with Crippen molar-refractivity contribution in [1.29, 1.82) is 0 Å². The molecule has 0 unspecified atom stereocenters. The van der Waals surface area contributed by atoms with Gasteiger partial charge in [0.05, 0.1) is 0 Å². The van der Waals surface area contributed by atoms with Gasteiger partial charge in [-0.25, -0.2) is 0 Å². The summed E-state index contributed by atoms with van der Waals surface area (Å²) in [6.07, 6.45) is 3.34. The van der Waals surface area contributed by atoms with Gasteiger partial charge in [0.15, 0.2) is 0 Å². The molecular formula is C8H18N2. The zero-order valence-electron chi connectivity index (χ0n) is 7.22. The molecule has 0 bridgehead atoms. The first-order valence-electron chi connectivity index (χ1n) is 3.68. The number of rotatable bonds is 4. The molecule has 0 amide bonds. The molecule has 0 saturated carbocycles. The van der Waals surface area contributed by atoms with Gasteiger partial charge in [-0.1, -0.05) is 11.6 Å². The average molecular weight is 142 g/mol. The molecule has 2 nitrogen and oxygen atoms in total. The van der Waals surface area contributed by atoms with E-state index in [0.29, 0.717) is 6.67 Å². The highest BCUT2D eigenvalue weighted by Crippen LogP contribution is 1.93. The van der Waals surface area contributed by atoms with Crippen LogP contribution in [0.3, 0.4) is 0 Å². The largest absolute Gasteiger partial charge is 0.318 e. The number of hydrogen-bond donors (Lipinski definition) is 1. The Kier molecular flexibility index (Phi) is 5.26. The van der Waals surface area contributed by atoms with Crippen LogP contribution < -0.4 is 5.73 Å². The third-order valence-electron chi connectivity index (χ3n) is 1.38. The molecule has 2 N–H and O–H groups in total. The van der Waals surface area contributed by atoms with Crippen LogP contribution in [0.25, 0.3) is 0 Å². The summed E-state index contributed by atoms with van der Waals surface area (Å²) in [6, 6.07) is 0. The van der Waals surface area contributed by atoms with Crippen LogP contribution in [-0.4, -0.2) is 25.2 Å². The number of nitrogens with zero attached hydrogens (tertiary/aromatic N) is 1. The van der Waals surface area contributed by atoms with Crippen LogP contribution in [0.2, 0.25) is 0 Å². The average Bonchev–Trinajstić information content (AvgIpc) is 1.87. The highest BCUT2D eigenvalue weighted by atomic mass is 15.1. The Morgan fingerprint density at radius 2 is 2.10 bits per heavy atom. The molecule has 0 fully saturated rings. The maximum Gasteiger partial charge on any atom is 0.0452 e. The predicted octanol–water partition coefficient (Wildman–Crippen LogP) is 1.19. The van der Waals surface area contributed by atoms with Crippen LogP contribution in [0.4, 0.5) is 0 Å². The van der Waals surface area contributed by atoms with Crippen molar-refractivity contribution >= 4 is 0 Å². The summed E-state index contributed by atoms with van der Waals surface area (Å²) in [7, 11) is 2.03. The zero-order valence-corrected chi connectivity index (χ0v) is 7.22. The Labute approximate surface area is 63.7 Å². The molecule has 0 aliphatic carbocycles. The lowest BCUT2D eigenvalue weighted by Gasteiger charge is -2.11. The van der Waals surface area contributed by atoms with Crippen molar-refractivity contribution in [3.63, 3.8) is 0 Å². The summed E-state index contributed by atoms with van der Waals surface area (Å²) in [6.45, 7) is 5.93. The second-order valence-electron chi connectivity index (χ2n) is 2.83. The molecule has 0 atom stereocenters. The van der Waals surface area contributed by atoms with Gasteiger partial charge in [-0.05, 0) is 27.3 Å². The summed E-state index contributed by atoms with van der Waals surface area (Å²) < 4.78 is 0. The third-order valence-corrected chi connectivity index (χ3v) is 1.38. The van der Waals surface area contributed by atoms with Crippen LogP contribution >= 0.6 is 0 Å². The van der Waals surface area contributed by atoms with E-state index in [1.807, 2.05) is 7.05 Å². The van der Waals surface area contributed by atoms with Crippen LogP contribution in [0.15, 0.2) is 11.6 Å². The van der Waals surface area contributed by atoms with Gasteiger partial charge in [0.2, 0.25) is 0 Å². The smallest absolute Gasteiger partial charge is 0.0452 e. The fourth-order valence-corrected chi connectivity index (χ4v) is 0.665. The minimum absolute atomic E-state index is 0.649. The van der Waals surface area contributed by atoms with Crippen LogP contribution in [0, 0.1) is 0 Å². The van der Waals surface area contributed by atoms with Crippen molar-refractivity contribution in [3.8, 4) is 0 Å². The minimum atomic E-state index is 0.649. The fourth-order valence-electron chi connectivity index (χ4n) is 0.665. The van der Waals surface area contributed by atoms with Crippen molar-refractivity contribution < 1.29 is 0 Å². The standard InChI is InChI=1S/C8H18N2/c1-8(2)5-4-6-10(3)7-9/h5H,4,6-7,9H2,1-3H3. The first-order chi connectivity index (χ1) is 4.66. The van der Waals surface area contributed by atoms with Gasteiger partial charge in [0.1, 0.15) is 0 Å². The SMILES string of the molecule is CC(C)=CCCN(C)CN. The molecule has 0 rings (SSSR count). The lowest BCUT2D eigenvalue weighted by molar-refractivity contribution is 0.351. The van der Waals surface area contributed by atoms with Gasteiger partial charge in [-0.2, -0.15) is 0 Å². The van der Waals surface area contributed by atoms with E-state index >= 15 is 0 Å². The van der Waals surface area contributed by atoms with Gasteiger partial charge in [0.25, 0.3) is 0 Å². The second-order valence-corrected chi connectivity index (χ2v) is 2.83. The zero-order chi connectivity index (χ0) is 7.98. The molecule has 0 aromatic carbocycles. The van der Waals surface area contributed by atoms with Crippen LogP contribution in [0.5, 0.6) is 0 Å². The topological polar surface area (TPSA) is 29.3 Å². The maximum absolute atomic E-state index is 5.39. The van der Waals surface area contributed by atoms with Gasteiger partial charge in [-0.3, -0.25) is 4.90 Å². The summed E-state index contributed by atoms with van der Waals surface area (Å²) >= 11 is 0. The maximum atomic E-state index is 5.39. The second kappa shape index (κ2) is 5.45. The highest BCUT2D eigenvalue weighted by Gasteiger charge is 1.89. The minimum Gasteiger partial charge on any atom is -0.318 e.